The number of aliphatic imine (C=N–C) groups is 1. The molecule has 1 heterocycles. The minimum absolute atomic E-state index is 0.0430. The van der Waals surface area contributed by atoms with Gasteiger partial charge in [-0.3, -0.25) is 19.8 Å². The molecule has 0 aliphatic heterocycles. The van der Waals surface area contributed by atoms with Crippen LogP contribution in [0.1, 0.15) is 18.1 Å². The fraction of sp³-hybridized carbons (Fsp3) is 0.154. The van der Waals surface area contributed by atoms with Gasteiger partial charge >= 0.3 is 5.69 Å². The Bertz CT molecular complexity index is 760. The molecule has 7 heteroatoms. The predicted molar refractivity (Wildman–Crippen MR) is 76.7 cm³/mol. The molecule has 20 heavy (non-hydrogen) atoms. The van der Waals surface area contributed by atoms with Crippen molar-refractivity contribution in [2.45, 2.75) is 13.5 Å². The summed E-state index contributed by atoms with van der Waals surface area (Å²) in [6, 6.07) is 7.12. The molecule has 0 saturated heterocycles. The zero-order chi connectivity index (χ0) is 14.7. The van der Waals surface area contributed by atoms with Gasteiger partial charge in [0.2, 0.25) is 5.88 Å². The van der Waals surface area contributed by atoms with E-state index in [1.807, 2.05) is 17.1 Å². The Hall–Kier alpha value is -2.34. The molecule has 2 aromatic rings. The van der Waals surface area contributed by atoms with Gasteiger partial charge in [-0.1, -0.05) is 23.7 Å². The third-order valence-electron chi connectivity index (χ3n) is 2.70. The summed E-state index contributed by atoms with van der Waals surface area (Å²) in [5.74, 6) is -0.490. The molecule has 6 nitrogen and oxygen atoms in total. The van der Waals surface area contributed by atoms with Crippen LogP contribution in [0.2, 0.25) is 5.02 Å². The molecule has 0 amide bonds. The number of benzene rings is 1. The van der Waals surface area contributed by atoms with Crippen LogP contribution in [0.25, 0.3) is 0 Å². The van der Waals surface area contributed by atoms with E-state index in [4.69, 9.17) is 11.6 Å². The fourth-order valence-electron chi connectivity index (χ4n) is 1.69. The first-order valence-corrected chi connectivity index (χ1v) is 6.16. The Morgan fingerprint density at radius 1 is 1.25 bits per heavy atom. The highest BCUT2D eigenvalue weighted by Crippen LogP contribution is 2.12. The Morgan fingerprint density at radius 3 is 2.50 bits per heavy atom. The van der Waals surface area contributed by atoms with Gasteiger partial charge in [0.25, 0.3) is 5.56 Å². The summed E-state index contributed by atoms with van der Waals surface area (Å²) in [4.78, 5) is 31.0. The van der Waals surface area contributed by atoms with E-state index in [2.05, 4.69) is 9.98 Å². The lowest BCUT2D eigenvalue weighted by molar-refractivity contribution is 0.447. The molecule has 1 aromatic heterocycles. The van der Waals surface area contributed by atoms with Gasteiger partial charge in [0, 0.05) is 5.02 Å². The monoisotopic (exact) mass is 293 g/mol. The van der Waals surface area contributed by atoms with Crippen molar-refractivity contribution in [3.05, 3.63) is 61.3 Å². The molecular formula is C13H12ClN3O3. The Balaban J connectivity index is 2.29. The molecule has 0 spiro atoms. The largest absolute Gasteiger partial charge is 0.494 e. The Morgan fingerprint density at radius 2 is 1.90 bits per heavy atom. The van der Waals surface area contributed by atoms with Crippen molar-refractivity contribution < 1.29 is 5.11 Å². The van der Waals surface area contributed by atoms with Crippen molar-refractivity contribution in [2.24, 2.45) is 4.99 Å². The van der Waals surface area contributed by atoms with Crippen LogP contribution < -0.4 is 11.2 Å². The topological polar surface area (TPSA) is 98.3 Å². The van der Waals surface area contributed by atoms with Crippen molar-refractivity contribution >= 4 is 17.3 Å². The summed E-state index contributed by atoms with van der Waals surface area (Å²) < 4.78 is 0. The van der Waals surface area contributed by atoms with Gasteiger partial charge in [0.15, 0.2) is 0 Å². The lowest BCUT2D eigenvalue weighted by atomic mass is 10.2. The molecule has 0 bridgehead atoms. The normalized spacial score (nSPS) is 11.6. The van der Waals surface area contributed by atoms with Gasteiger partial charge < -0.3 is 5.11 Å². The number of rotatable bonds is 3. The number of nitrogens with zero attached hydrogens (tertiary/aromatic N) is 1. The van der Waals surface area contributed by atoms with Crippen molar-refractivity contribution in [3.63, 3.8) is 0 Å². The highest BCUT2D eigenvalue weighted by atomic mass is 35.5. The Kier molecular flexibility index (Phi) is 4.05. The van der Waals surface area contributed by atoms with Crippen LogP contribution in [0, 0.1) is 0 Å². The molecule has 0 aliphatic rings. The molecule has 2 rings (SSSR count). The van der Waals surface area contributed by atoms with E-state index in [9.17, 15) is 14.7 Å². The number of halogens is 1. The SMILES string of the molecule is CC(=NCc1ccc(Cl)cc1)c1c(O)[nH]c(=O)[nH]c1=O. The second kappa shape index (κ2) is 5.75. The quantitative estimate of drug-likeness (QED) is 0.747. The van der Waals surface area contributed by atoms with E-state index in [1.165, 1.54) is 0 Å². The molecule has 1 aromatic carbocycles. The third-order valence-corrected chi connectivity index (χ3v) is 2.95. The van der Waals surface area contributed by atoms with Gasteiger partial charge in [-0.15, -0.1) is 0 Å². The first kappa shape index (κ1) is 14.1. The van der Waals surface area contributed by atoms with Crippen molar-refractivity contribution in [3.8, 4) is 5.88 Å². The van der Waals surface area contributed by atoms with Crippen LogP contribution in [0.3, 0.4) is 0 Å². The van der Waals surface area contributed by atoms with Crippen molar-refractivity contribution in [2.75, 3.05) is 0 Å². The minimum atomic E-state index is -0.762. The molecule has 0 unspecified atom stereocenters. The molecule has 3 N–H and O–H groups in total. The summed E-state index contributed by atoms with van der Waals surface area (Å²) in [5.41, 5.74) is -0.243. The van der Waals surface area contributed by atoms with Crippen LogP contribution >= 0.6 is 11.6 Å². The molecule has 0 radical (unpaired) electrons. The highest BCUT2D eigenvalue weighted by molar-refractivity contribution is 6.30. The number of H-pyrrole nitrogens is 2. The van der Waals surface area contributed by atoms with Crippen LogP contribution in [-0.2, 0) is 6.54 Å². The highest BCUT2D eigenvalue weighted by Gasteiger charge is 2.11. The fourth-order valence-corrected chi connectivity index (χ4v) is 1.81. The van der Waals surface area contributed by atoms with Crippen LogP contribution in [-0.4, -0.2) is 20.8 Å². The maximum Gasteiger partial charge on any atom is 0.328 e. The second-order valence-corrected chi connectivity index (χ2v) is 4.60. The molecule has 0 saturated carbocycles. The number of aromatic nitrogens is 2. The average molecular weight is 294 g/mol. The van der Waals surface area contributed by atoms with Crippen LogP contribution in [0.15, 0.2) is 38.8 Å². The number of hydrogen-bond acceptors (Lipinski definition) is 4. The van der Waals surface area contributed by atoms with E-state index in [0.717, 1.165) is 5.56 Å². The smallest absolute Gasteiger partial charge is 0.328 e. The van der Waals surface area contributed by atoms with Gasteiger partial charge in [-0.05, 0) is 24.6 Å². The second-order valence-electron chi connectivity index (χ2n) is 4.16. The number of aromatic amines is 2. The minimum Gasteiger partial charge on any atom is -0.494 e. The standard InChI is InChI=1S/C13H12ClN3O3/c1-7(10-11(18)16-13(20)17-12(10)19)15-6-8-2-4-9(14)5-3-8/h2-5H,6H2,1H3,(H3,16,17,18,19,20). The zero-order valence-corrected chi connectivity index (χ0v) is 11.4. The summed E-state index contributed by atoms with van der Waals surface area (Å²) in [7, 11) is 0. The van der Waals surface area contributed by atoms with Crippen LogP contribution in [0.4, 0.5) is 0 Å². The van der Waals surface area contributed by atoms with Gasteiger partial charge in [0.1, 0.15) is 5.56 Å². The average Bonchev–Trinajstić information content (AvgIpc) is 2.37. The number of nitrogens with one attached hydrogen (secondary N) is 2. The van der Waals surface area contributed by atoms with E-state index < -0.39 is 17.1 Å². The van der Waals surface area contributed by atoms with Gasteiger partial charge in [-0.2, -0.15) is 0 Å². The first-order valence-electron chi connectivity index (χ1n) is 5.79. The lowest BCUT2D eigenvalue weighted by Gasteiger charge is -2.03. The van der Waals surface area contributed by atoms with Gasteiger partial charge in [-0.25, -0.2) is 4.79 Å². The Labute approximate surface area is 118 Å². The maximum absolute atomic E-state index is 11.6. The molecule has 0 fully saturated rings. The summed E-state index contributed by atoms with van der Waals surface area (Å²) in [6.45, 7) is 1.92. The lowest BCUT2D eigenvalue weighted by Crippen LogP contribution is -2.27. The summed E-state index contributed by atoms with van der Waals surface area (Å²) in [5, 5.41) is 10.2. The van der Waals surface area contributed by atoms with E-state index >= 15 is 0 Å². The van der Waals surface area contributed by atoms with E-state index in [0.29, 0.717) is 17.3 Å². The number of hydrogen-bond donors (Lipinski definition) is 3. The summed E-state index contributed by atoms with van der Waals surface area (Å²) in [6.07, 6.45) is 0. The molecule has 0 atom stereocenters. The van der Waals surface area contributed by atoms with E-state index in [1.54, 1.807) is 19.1 Å². The zero-order valence-electron chi connectivity index (χ0n) is 10.6. The molecular weight excluding hydrogens is 282 g/mol. The molecule has 0 aliphatic carbocycles. The number of aromatic hydroxyl groups is 1. The van der Waals surface area contributed by atoms with Crippen molar-refractivity contribution in [1.82, 2.24) is 9.97 Å². The summed E-state index contributed by atoms with van der Waals surface area (Å²) >= 11 is 5.78. The third kappa shape index (κ3) is 3.16. The van der Waals surface area contributed by atoms with Crippen LogP contribution in [0.5, 0.6) is 5.88 Å². The van der Waals surface area contributed by atoms with Crippen molar-refractivity contribution in [1.29, 1.82) is 0 Å². The molecule has 104 valence electrons. The van der Waals surface area contributed by atoms with E-state index in [-0.39, 0.29) is 5.56 Å². The predicted octanol–water partition coefficient (Wildman–Crippen LogP) is 1.43. The van der Waals surface area contributed by atoms with Gasteiger partial charge in [0.05, 0.1) is 12.3 Å². The first-order chi connectivity index (χ1) is 9.47. The maximum atomic E-state index is 11.6.